The van der Waals surface area contributed by atoms with E-state index in [1.807, 2.05) is 25.3 Å². The van der Waals surface area contributed by atoms with Crippen molar-refractivity contribution in [3.05, 3.63) is 26.6 Å². The van der Waals surface area contributed by atoms with Crippen LogP contribution in [0.3, 0.4) is 0 Å². The van der Waals surface area contributed by atoms with Crippen molar-refractivity contribution in [1.29, 1.82) is 0 Å². The molecule has 0 saturated heterocycles. The van der Waals surface area contributed by atoms with Crippen LogP contribution in [-0.2, 0) is 12.8 Å². The summed E-state index contributed by atoms with van der Waals surface area (Å²) in [5.41, 5.74) is 1.44. The molecule has 0 unspecified atom stereocenters. The van der Waals surface area contributed by atoms with Gasteiger partial charge in [-0.25, -0.2) is 4.98 Å². The number of nitrogens with zero attached hydrogens (tertiary/aromatic N) is 2. The van der Waals surface area contributed by atoms with Crippen molar-refractivity contribution in [3.8, 4) is 0 Å². The summed E-state index contributed by atoms with van der Waals surface area (Å²) in [6.07, 6.45) is 4.62. The molecule has 0 fully saturated rings. The highest BCUT2D eigenvalue weighted by atomic mass is 32.1. The summed E-state index contributed by atoms with van der Waals surface area (Å²) in [7, 11) is 0. The Balaban J connectivity index is 2.39. The highest BCUT2D eigenvalue weighted by Crippen LogP contribution is 2.33. The Bertz CT molecular complexity index is 666. The maximum atomic E-state index is 12.7. The van der Waals surface area contributed by atoms with Crippen LogP contribution in [0.1, 0.15) is 49.0 Å². The second-order valence-electron chi connectivity index (χ2n) is 5.32. The maximum Gasteiger partial charge on any atom is 0.262 e. The zero-order chi connectivity index (χ0) is 12.9. The van der Waals surface area contributed by atoms with E-state index in [9.17, 15) is 4.79 Å². The number of aryl methyl sites for hydroxylation is 3. The van der Waals surface area contributed by atoms with Crippen molar-refractivity contribution in [1.82, 2.24) is 9.55 Å². The van der Waals surface area contributed by atoms with Crippen molar-refractivity contribution in [3.63, 3.8) is 0 Å². The molecule has 0 radical (unpaired) electrons. The standard InChI is InChI=1S/C14H18N2OS/c1-8(2)16-9(3)15-13-12(14(16)17)10-6-4-5-7-11(10)18-13/h8H,4-7H2,1-3H3. The van der Waals surface area contributed by atoms with Gasteiger partial charge in [0.1, 0.15) is 10.7 Å². The van der Waals surface area contributed by atoms with E-state index in [0.717, 1.165) is 28.9 Å². The van der Waals surface area contributed by atoms with Crippen LogP contribution in [0.2, 0.25) is 0 Å². The highest BCUT2D eigenvalue weighted by Gasteiger charge is 2.21. The average molecular weight is 262 g/mol. The fourth-order valence-electron chi connectivity index (χ4n) is 2.93. The van der Waals surface area contributed by atoms with Crippen LogP contribution < -0.4 is 5.56 Å². The predicted octanol–water partition coefficient (Wildman–Crippen LogP) is 3.23. The van der Waals surface area contributed by atoms with E-state index >= 15 is 0 Å². The minimum atomic E-state index is 0.159. The summed E-state index contributed by atoms with van der Waals surface area (Å²) < 4.78 is 1.82. The molecular weight excluding hydrogens is 244 g/mol. The second-order valence-corrected chi connectivity index (χ2v) is 6.40. The molecule has 2 aromatic heterocycles. The van der Waals surface area contributed by atoms with Crippen molar-refractivity contribution in [2.24, 2.45) is 0 Å². The lowest BCUT2D eigenvalue weighted by molar-refractivity contribution is 0.555. The Morgan fingerprint density at radius 1 is 1.28 bits per heavy atom. The molecule has 4 heteroatoms. The van der Waals surface area contributed by atoms with Crippen LogP contribution in [0.4, 0.5) is 0 Å². The normalized spacial score (nSPS) is 15.3. The largest absolute Gasteiger partial charge is 0.294 e. The second kappa shape index (κ2) is 4.19. The molecule has 18 heavy (non-hydrogen) atoms. The Morgan fingerprint density at radius 3 is 2.72 bits per heavy atom. The van der Waals surface area contributed by atoms with Crippen molar-refractivity contribution < 1.29 is 0 Å². The third-order valence-corrected chi connectivity index (χ3v) is 4.90. The van der Waals surface area contributed by atoms with Gasteiger partial charge in [0.2, 0.25) is 0 Å². The molecule has 3 rings (SSSR count). The summed E-state index contributed by atoms with van der Waals surface area (Å²) in [5, 5.41) is 0.897. The molecule has 1 aliphatic carbocycles. The van der Waals surface area contributed by atoms with Crippen molar-refractivity contribution in [2.75, 3.05) is 0 Å². The zero-order valence-corrected chi connectivity index (χ0v) is 11.9. The highest BCUT2D eigenvalue weighted by molar-refractivity contribution is 7.18. The molecular formula is C14H18N2OS. The molecule has 0 spiro atoms. The Morgan fingerprint density at radius 2 is 2.00 bits per heavy atom. The van der Waals surface area contributed by atoms with Gasteiger partial charge >= 0.3 is 0 Å². The Labute approximate surface area is 110 Å². The first-order chi connectivity index (χ1) is 8.59. The molecule has 0 saturated carbocycles. The van der Waals surface area contributed by atoms with Crippen LogP contribution in [-0.4, -0.2) is 9.55 Å². The van der Waals surface area contributed by atoms with Crippen LogP contribution in [0.25, 0.3) is 10.2 Å². The zero-order valence-electron chi connectivity index (χ0n) is 11.1. The quantitative estimate of drug-likeness (QED) is 0.791. The first kappa shape index (κ1) is 11.9. The summed E-state index contributed by atoms with van der Waals surface area (Å²) in [6, 6.07) is 0.175. The van der Waals surface area contributed by atoms with Gasteiger partial charge in [0.25, 0.3) is 5.56 Å². The fraction of sp³-hybridized carbons (Fsp3) is 0.571. The Hall–Kier alpha value is -1.16. The van der Waals surface area contributed by atoms with E-state index in [1.165, 1.54) is 23.3 Å². The van der Waals surface area contributed by atoms with Gasteiger partial charge in [-0.05, 0) is 52.0 Å². The summed E-state index contributed by atoms with van der Waals surface area (Å²) in [4.78, 5) is 19.6. The van der Waals surface area contributed by atoms with E-state index < -0.39 is 0 Å². The molecule has 0 N–H and O–H groups in total. The van der Waals surface area contributed by atoms with Crippen molar-refractivity contribution >= 4 is 21.6 Å². The average Bonchev–Trinajstić information content (AvgIpc) is 2.66. The monoisotopic (exact) mass is 262 g/mol. The smallest absolute Gasteiger partial charge is 0.262 e. The predicted molar refractivity (Wildman–Crippen MR) is 75.6 cm³/mol. The number of hydrogen-bond acceptors (Lipinski definition) is 3. The van der Waals surface area contributed by atoms with Gasteiger partial charge in [0, 0.05) is 10.9 Å². The summed E-state index contributed by atoms with van der Waals surface area (Å²) in [6.45, 7) is 6.01. The van der Waals surface area contributed by atoms with Crippen LogP contribution in [0, 0.1) is 6.92 Å². The molecule has 0 aliphatic heterocycles. The lowest BCUT2D eigenvalue weighted by atomic mass is 9.97. The van der Waals surface area contributed by atoms with E-state index in [1.54, 1.807) is 11.3 Å². The minimum absolute atomic E-state index is 0.159. The van der Waals surface area contributed by atoms with Gasteiger partial charge in [-0.1, -0.05) is 0 Å². The lowest BCUT2D eigenvalue weighted by Crippen LogP contribution is -2.25. The van der Waals surface area contributed by atoms with Gasteiger partial charge in [0.15, 0.2) is 0 Å². The minimum Gasteiger partial charge on any atom is -0.294 e. The lowest BCUT2D eigenvalue weighted by Gasteiger charge is -2.14. The number of fused-ring (bicyclic) bond motifs is 3. The number of hydrogen-bond donors (Lipinski definition) is 0. The van der Waals surface area contributed by atoms with Gasteiger partial charge in [0.05, 0.1) is 5.39 Å². The molecule has 2 heterocycles. The van der Waals surface area contributed by atoms with Crippen LogP contribution in [0.5, 0.6) is 0 Å². The first-order valence-corrected chi connectivity index (χ1v) is 7.44. The first-order valence-electron chi connectivity index (χ1n) is 6.63. The molecule has 3 nitrogen and oxygen atoms in total. The van der Waals surface area contributed by atoms with Crippen LogP contribution >= 0.6 is 11.3 Å². The van der Waals surface area contributed by atoms with Gasteiger partial charge < -0.3 is 0 Å². The molecule has 1 aliphatic rings. The summed E-state index contributed by atoms with van der Waals surface area (Å²) in [5.74, 6) is 0.834. The summed E-state index contributed by atoms with van der Waals surface area (Å²) >= 11 is 1.72. The number of rotatable bonds is 1. The van der Waals surface area contributed by atoms with Gasteiger partial charge in [-0.2, -0.15) is 0 Å². The fourth-order valence-corrected chi connectivity index (χ4v) is 4.22. The van der Waals surface area contributed by atoms with Gasteiger partial charge in [-0.3, -0.25) is 9.36 Å². The molecule has 0 atom stereocenters. The third-order valence-electron chi connectivity index (χ3n) is 3.71. The van der Waals surface area contributed by atoms with Gasteiger partial charge in [-0.15, -0.1) is 11.3 Å². The molecule has 0 aromatic carbocycles. The molecule has 96 valence electrons. The number of aromatic nitrogens is 2. The number of thiophene rings is 1. The van der Waals surface area contributed by atoms with E-state index in [-0.39, 0.29) is 11.6 Å². The van der Waals surface area contributed by atoms with Crippen molar-refractivity contribution in [2.45, 2.75) is 52.5 Å². The molecule has 2 aromatic rings. The van der Waals surface area contributed by atoms with Crippen LogP contribution in [0.15, 0.2) is 4.79 Å². The van der Waals surface area contributed by atoms with E-state index in [4.69, 9.17) is 0 Å². The third kappa shape index (κ3) is 1.62. The Kier molecular flexibility index (Phi) is 2.77. The maximum absolute atomic E-state index is 12.7. The van der Waals surface area contributed by atoms with E-state index in [0.29, 0.717) is 0 Å². The SMILES string of the molecule is Cc1nc2sc3c(c2c(=O)n1C(C)C)CCCC3. The van der Waals surface area contributed by atoms with E-state index in [2.05, 4.69) is 4.98 Å². The topological polar surface area (TPSA) is 34.9 Å². The molecule has 0 bridgehead atoms. The molecule has 0 amide bonds.